The van der Waals surface area contributed by atoms with Gasteiger partial charge in [-0.2, -0.15) is 5.26 Å². The van der Waals surface area contributed by atoms with E-state index in [2.05, 4.69) is 27.3 Å². The molecule has 3 aromatic rings. The van der Waals surface area contributed by atoms with Gasteiger partial charge < -0.3 is 10.1 Å². The molecular formula is C25H22BrClN2O2. The third kappa shape index (κ3) is 6.10. The molecule has 0 fully saturated rings. The van der Waals surface area contributed by atoms with E-state index in [1.165, 1.54) is 0 Å². The summed E-state index contributed by atoms with van der Waals surface area (Å²) in [6.45, 7) is 3.90. The highest BCUT2D eigenvalue weighted by atomic mass is 79.9. The SMILES string of the molecule is CC(C)C(C(=O)OC(C#N)c1cccc(Nc2ccc(Br)cc2)c1)c1ccc(Cl)cc1. The minimum absolute atomic E-state index is 0.00146. The number of esters is 1. The monoisotopic (exact) mass is 496 g/mol. The van der Waals surface area contributed by atoms with Crippen molar-refractivity contribution in [3.63, 3.8) is 0 Å². The molecule has 2 unspecified atom stereocenters. The fourth-order valence-electron chi connectivity index (χ4n) is 3.30. The molecule has 3 rings (SSSR count). The van der Waals surface area contributed by atoms with Gasteiger partial charge in [0.2, 0.25) is 6.10 Å². The van der Waals surface area contributed by atoms with Crippen LogP contribution < -0.4 is 5.32 Å². The summed E-state index contributed by atoms with van der Waals surface area (Å²) in [5.41, 5.74) is 3.13. The number of rotatable bonds is 7. The first-order chi connectivity index (χ1) is 14.9. The van der Waals surface area contributed by atoms with Crippen LogP contribution in [0.3, 0.4) is 0 Å². The lowest BCUT2D eigenvalue weighted by atomic mass is 9.88. The summed E-state index contributed by atoms with van der Waals surface area (Å²) in [6, 6.07) is 24.3. The van der Waals surface area contributed by atoms with Crippen molar-refractivity contribution in [3.8, 4) is 6.07 Å². The third-order valence-electron chi connectivity index (χ3n) is 4.82. The Morgan fingerprint density at radius 1 is 1.00 bits per heavy atom. The maximum atomic E-state index is 13.0. The van der Waals surface area contributed by atoms with E-state index in [-0.39, 0.29) is 5.92 Å². The Labute approximate surface area is 195 Å². The summed E-state index contributed by atoms with van der Waals surface area (Å²) in [5.74, 6) is -0.925. The van der Waals surface area contributed by atoms with Crippen molar-refractivity contribution < 1.29 is 9.53 Å². The van der Waals surface area contributed by atoms with Crippen molar-refractivity contribution in [1.82, 2.24) is 0 Å². The van der Waals surface area contributed by atoms with Gasteiger partial charge in [-0.3, -0.25) is 4.79 Å². The molecule has 0 amide bonds. The number of hydrogen-bond acceptors (Lipinski definition) is 4. The van der Waals surface area contributed by atoms with Crippen LogP contribution in [0.2, 0.25) is 5.02 Å². The van der Waals surface area contributed by atoms with Crippen LogP contribution in [0.15, 0.2) is 77.3 Å². The average molecular weight is 498 g/mol. The Hall–Kier alpha value is -2.81. The Morgan fingerprint density at radius 3 is 2.29 bits per heavy atom. The molecule has 158 valence electrons. The maximum Gasteiger partial charge on any atom is 0.315 e. The van der Waals surface area contributed by atoms with Gasteiger partial charge in [-0.1, -0.05) is 65.6 Å². The van der Waals surface area contributed by atoms with Crippen molar-refractivity contribution in [3.05, 3.63) is 93.4 Å². The van der Waals surface area contributed by atoms with Gasteiger partial charge >= 0.3 is 5.97 Å². The Balaban J connectivity index is 1.78. The van der Waals surface area contributed by atoms with Crippen LogP contribution in [0.25, 0.3) is 0 Å². The Morgan fingerprint density at radius 2 is 1.68 bits per heavy atom. The second-order valence-corrected chi connectivity index (χ2v) is 8.83. The number of benzene rings is 3. The number of nitrogens with zero attached hydrogens (tertiary/aromatic N) is 1. The number of nitrogens with one attached hydrogen (secondary N) is 1. The van der Waals surface area contributed by atoms with Crippen molar-refractivity contribution in [2.24, 2.45) is 5.92 Å². The van der Waals surface area contributed by atoms with E-state index in [0.717, 1.165) is 21.4 Å². The van der Waals surface area contributed by atoms with E-state index in [9.17, 15) is 10.1 Å². The van der Waals surface area contributed by atoms with Crippen molar-refractivity contribution in [2.75, 3.05) is 5.32 Å². The predicted octanol–water partition coefficient (Wildman–Crippen LogP) is 7.39. The lowest BCUT2D eigenvalue weighted by Gasteiger charge is -2.22. The van der Waals surface area contributed by atoms with Gasteiger partial charge in [0.15, 0.2) is 0 Å². The van der Waals surface area contributed by atoms with E-state index in [1.54, 1.807) is 18.2 Å². The summed E-state index contributed by atoms with van der Waals surface area (Å²) in [4.78, 5) is 13.0. The van der Waals surface area contributed by atoms with Crippen LogP contribution in [0.5, 0.6) is 0 Å². The smallest absolute Gasteiger partial charge is 0.315 e. The highest BCUT2D eigenvalue weighted by molar-refractivity contribution is 9.10. The summed E-state index contributed by atoms with van der Waals surface area (Å²) in [7, 11) is 0. The molecule has 0 aliphatic heterocycles. The molecule has 0 spiro atoms. The molecule has 0 aliphatic carbocycles. The zero-order valence-electron chi connectivity index (χ0n) is 17.2. The first-order valence-electron chi connectivity index (χ1n) is 9.85. The number of carbonyl (C=O) groups is 1. The van der Waals surface area contributed by atoms with Gasteiger partial charge in [-0.25, -0.2) is 0 Å². The molecule has 2 atom stereocenters. The second-order valence-electron chi connectivity index (χ2n) is 7.48. The second kappa shape index (κ2) is 10.5. The molecule has 0 aliphatic rings. The van der Waals surface area contributed by atoms with Crippen molar-refractivity contribution >= 4 is 44.9 Å². The quantitative estimate of drug-likeness (QED) is 0.346. The van der Waals surface area contributed by atoms with Gasteiger partial charge in [-0.05, 0) is 60.0 Å². The average Bonchev–Trinajstić information content (AvgIpc) is 2.75. The van der Waals surface area contributed by atoms with Crippen LogP contribution >= 0.6 is 27.5 Å². The first kappa shape index (κ1) is 22.9. The minimum Gasteiger partial charge on any atom is -0.441 e. The highest BCUT2D eigenvalue weighted by Gasteiger charge is 2.28. The van der Waals surface area contributed by atoms with Crippen LogP contribution in [0.4, 0.5) is 11.4 Å². The number of carbonyl (C=O) groups excluding carboxylic acids is 1. The zero-order valence-corrected chi connectivity index (χ0v) is 19.5. The summed E-state index contributed by atoms with van der Waals surface area (Å²) in [5, 5.41) is 13.6. The van der Waals surface area contributed by atoms with Crippen LogP contribution in [0, 0.1) is 17.2 Å². The van der Waals surface area contributed by atoms with Crippen molar-refractivity contribution in [2.45, 2.75) is 25.9 Å². The van der Waals surface area contributed by atoms with Gasteiger partial charge in [0.05, 0.1) is 5.92 Å². The lowest BCUT2D eigenvalue weighted by molar-refractivity contribution is -0.150. The number of halogens is 2. The van der Waals surface area contributed by atoms with E-state index in [4.69, 9.17) is 16.3 Å². The molecular weight excluding hydrogens is 476 g/mol. The normalized spacial score (nSPS) is 12.6. The van der Waals surface area contributed by atoms with Gasteiger partial charge in [0.1, 0.15) is 6.07 Å². The summed E-state index contributed by atoms with van der Waals surface area (Å²) in [6.07, 6.45) is -1.01. The fourth-order valence-corrected chi connectivity index (χ4v) is 3.69. The standard InChI is InChI=1S/C25H22BrClN2O2/c1-16(2)24(17-6-10-20(27)11-7-17)25(30)31-23(15-28)18-4-3-5-22(14-18)29-21-12-8-19(26)9-13-21/h3-14,16,23-24,29H,1-2H3. The molecule has 0 heterocycles. The molecule has 31 heavy (non-hydrogen) atoms. The number of anilines is 2. The molecule has 0 aromatic heterocycles. The largest absolute Gasteiger partial charge is 0.441 e. The minimum atomic E-state index is -1.01. The predicted molar refractivity (Wildman–Crippen MR) is 127 cm³/mol. The number of ether oxygens (including phenoxy) is 1. The summed E-state index contributed by atoms with van der Waals surface area (Å²) >= 11 is 9.39. The Bertz CT molecular complexity index is 1080. The first-order valence-corrected chi connectivity index (χ1v) is 11.0. The van der Waals surface area contributed by atoms with Crippen molar-refractivity contribution in [1.29, 1.82) is 5.26 Å². The molecule has 0 saturated carbocycles. The van der Waals surface area contributed by atoms with E-state index in [1.807, 2.05) is 68.4 Å². The highest BCUT2D eigenvalue weighted by Crippen LogP contribution is 2.30. The molecule has 6 heteroatoms. The molecule has 0 saturated heterocycles. The van der Waals surface area contributed by atoms with Crippen LogP contribution in [-0.2, 0) is 9.53 Å². The van der Waals surface area contributed by atoms with Crippen LogP contribution in [0.1, 0.15) is 37.0 Å². The van der Waals surface area contributed by atoms with Gasteiger partial charge in [0, 0.05) is 26.4 Å². The van der Waals surface area contributed by atoms with E-state index >= 15 is 0 Å². The maximum absolute atomic E-state index is 13.0. The lowest BCUT2D eigenvalue weighted by Crippen LogP contribution is -2.22. The van der Waals surface area contributed by atoms with Crippen LogP contribution in [-0.4, -0.2) is 5.97 Å². The van der Waals surface area contributed by atoms with E-state index < -0.39 is 18.0 Å². The zero-order chi connectivity index (χ0) is 22.4. The molecule has 4 nitrogen and oxygen atoms in total. The molecule has 0 bridgehead atoms. The molecule has 3 aromatic carbocycles. The Kier molecular flexibility index (Phi) is 7.73. The molecule has 1 N–H and O–H groups in total. The van der Waals surface area contributed by atoms with E-state index in [0.29, 0.717) is 10.6 Å². The fraction of sp³-hybridized carbons (Fsp3) is 0.200. The summed E-state index contributed by atoms with van der Waals surface area (Å²) < 4.78 is 6.64. The number of hydrogen-bond donors (Lipinski definition) is 1. The van der Waals surface area contributed by atoms with Gasteiger partial charge in [-0.15, -0.1) is 0 Å². The number of nitriles is 1. The van der Waals surface area contributed by atoms with Gasteiger partial charge in [0.25, 0.3) is 0 Å². The topological polar surface area (TPSA) is 62.1 Å². The molecule has 0 radical (unpaired) electrons. The third-order valence-corrected chi connectivity index (χ3v) is 5.60.